The minimum Gasteiger partial charge on any atom is -0.462 e. The van der Waals surface area contributed by atoms with Crippen LogP contribution in [-0.4, -0.2) is 34.2 Å². The summed E-state index contributed by atoms with van der Waals surface area (Å²) in [4.78, 5) is 43.3. The molecule has 0 radical (unpaired) electrons. The van der Waals surface area contributed by atoms with E-state index in [0.29, 0.717) is 32.8 Å². The molecule has 0 bridgehead atoms. The van der Waals surface area contributed by atoms with Crippen LogP contribution in [0.1, 0.15) is 70.2 Å². The van der Waals surface area contributed by atoms with Gasteiger partial charge in [0.15, 0.2) is 0 Å². The molecule has 168 valence electrons. The van der Waals surface area contributed by atoms with Gasteiger partial charge in [0.1, 0.15) is 15.8 Å². The van der Waals surface area contributed by atoms with Gasteiger partial charge in [-0.2, -0.15) is 0 Å². The maximum atomic E-state index is 13.2. The molecular formula is C24H26N2O5S. The summed E-state index contributed by atoms with van der Waals surface area (Å²) in [7, 11) is 0. The summed E-state index contributed by atoms with van der Waals surface area (Å²) in [6.07, 6.45) is 6.56. The second kappa shape index (κ2) is 9.65. The van der Waals surface area contributed by atoms with E-state index in [1.807, 2.05) is 6.07 Å². The molecule has 0 spiro atoms. The van der Waals surface area contributed by atoms with Crippen LogP contribution in [0.5, 0.6) is 0 Å². The van der Waals surface area contributed by atoms with Crippen LogP contribution in [-0.2, 0) is 16.0 Å². The summed E-state index contributed by atoms with van der Waals surface area (Å²) in [5.41, 5.74) is 1.61. The number of aromatic nitrogens is 2. The SMILES string of the molecule is CCOC(=O)c1cccc(Cn2cnc3sc(C(=O)OC4CCCCC4)c(C)c3c2=O)c1. The summed E-state index contributed by atoms with van der Waals surface area (Å²) in [6, 6.07) is 6.99. The van der Waals surface area contributed by atoms with E-state index in [1.54, 1.807) is 32.0 Å². The van der Waals surface area contributed by atoms with Gasteiger partial charge in [0.25, 0.3) is 5.56 Å². The number of nitrogens with zero attached hydrogens (tertiary/aromatic N) is 2. The van der Waals surface area contributed by atoms with Crippen molar-refractivity contribution in [3.63, 3.8) is 0 Å². The molecule has 3 aromatic rings. The first-order valence-corrected chi connectivity index (χ1v) is 11.7. The van der Waals surface area contributed by atoms with Gasteiger partial charge in [-0.15, -0.1) is 11.3 Å². The standard InChI is InChI=1S/C24H26N2O5S/c1-3-30-23(28)17-9-7-8-16(12-17)13-26-14-25-21-19(22(26)27)15(2)20(32-21)24(29)31-18-10-5-4-6-11-18/h7-9,12,14,18H,3-6,10-11,13H2,1-2H3. The Morgan fingerprint density at radius 2 is 1.97 bits per heavy atom. The van der Waals surface area contributed by atoms with Gasteiger partial charge in [-0.3, -0.25) is 9.36 Å². The number of carbonyl (C=O) groups is 2. The number of benzene rings is 1. The van der Waals surface area contributed by atoms with E-state index in [-0.39, 0.29) is 24.2 Å². The molecule has 2 heterocycles. The number of aryl methyl sites for hydroxylation is 1. The van der Waals surface area contributed by atoms with Crippen molar-refractivity contribution in [2.75, 3.05) is 6.61 Å². The van der Waals surface area contributed by atoms with Gasteiger partial charge in [-0.05, 0) is 62.8 Å². The maximum Gasteiger partial charge on any atom is 0.348 e. The predicted molar refractivity (Wildman–Crippen MR) is 122 cm³/mol. The molecule has 0 aliphatic heterocycles. The number of thiophene rings is 1. The van der Waals surface area contributed by atoms with Crippen molar-refractivity contribution in [2.45, 2.75) is 58.6 Å². The molecule has 1 aromatic carbocycles. The molecular weight excluding hydrogens is 428 g/mol. The first-order chi connectivity index (χ1) is 15.5. The van der Waals surface area contributed by atoms with Gasteiger partial charge >= 0.3 is 11.9 Å². The molecule has 8 heteroatoms. The monoisotopic (exact) mass is 454 g/mol. The molecule has 0 atom stereocenters. The Morgan fingerprint density at radius 1 is 1.19 bits per heavy atom. The van der Waals surface area contributed by atoms with Crippen LogP contribution in [0, 0.1) is 6.92 Å². The van der Waals surface area contributed by atoms with Crippen LogP contribution < -0.4 is 5.56 Å². The maximum absolute atomic E-state index is 13.2. The lowest BCUT2D eigenvalue weighted by Gasteiger charge is -2.21. The highest BCUT2D eigenvalue weighted by atomic mass is 32.1. The van der Waals surface area contributed by atoms with E-state index >= 15 is 0 Å². The first kappa shape index (κ1) is 22.2. The van der Waals surface area contributed by atoms with Gasteiger partial charge < -0.3 is 9.47 Å². The molecule has 1 fully saturated rings. The van der Waals surface area contributed by atoms with Crippen molar-refractivity contribution < 1.29 is 19.1 Å². The Balaban J connectivity index is 1.60. The summed E-state index contributed by atoms with van der Waals surface area (Å²) < 4.78 is 12.2. The zero-order valence-corrected chi connectivity index (χ0v) is 19.1. The number of ether oxygens (including phenoxy) is 2. The molecule has 32 heavy (non-hydrogen) atoms. The normalized spacial score (nSPS) is 14.4. The summed E-state index contributed by atoms with van der Waals surface area (Å²) in [6.45, 7) is 4.08. The fourth-order valence-corrected chi connectivity index (χ4v) is 5.08. The lowest BCUT2D eigenvalue weighted by atomic mass is 9.98. The molecule has 1 saturated carbocycles. The average Bonchev–Trinajstić information content (AvgIpc) is 3.14. The number of carbonyl (C=O) groups excluding carboxylic acids is 2. The van der Waals surface area contributed by atoms with Crippen molar-refractivity contribution in [1.29, 1.82) is 0 Å². The fraction of sp³-hybridized carbons (Fsp3) is 0.417. The van der Waals surface area contributed by atoms with Crippen LogP contribution in [0.25, 0.3) is 10.2 Å². The van der Waals surface area contributed by atoms with Crippen LogP contribution in [0.3, 0.4) is 0 Å². The van der Waals surface area contributed by atoms with Crippen molar-refractivity contribution in [1.82, 2.24) is 9.55 Å². The predicted octanol–water partition coefficient (Wildman–Crippen LogP) is 4.48. The van der Waals surface area contributed by atoms with Gasteiger partial charge in [0.2, 0.25) is 0 Å². The number of hydrogen-bond donors (Lipinski definition) is 0. The highest BCUT2D eigenvalue weighted by Gasteiger charge is 2.24. The summed E-state index contributed by atoms with van der Waals surface area (Å²) in [5.74, 6) is -0.768. The van der Waals surface area contributed by atoms with Crippen LogP contribution in [0.4, 0.5) is 0 Å². The highest BCUT2D eigenvalue weighted by Crippen LogP contribution is 2.29. The van der Waals surface area contributed by atoms with E-state index in [2.05, 4.69) is 4.98 Å². The van der Waals surface area contributed by atoms with Gasteiger partial charge in [0.05, 0.1) is 30.4 Å². The molecule has 0 N–H and O–H groups in total. The molecule has 1 aliphatic carbocycles. The van der Waals surface area contributed by atoms with E-state index in [0.717, 1.165) is 31.2 Å². The molecule has 1 aliphatic rings. The van der Waals surface area contributed by atoms with E-state index in [9.17, 15) is 14.4 Å². The highest BCUT2D eigenvalue weighted by molar-refractivity contribution is 7.20. The minimum atomic E-state index is -0.398. The fourth-order valence-electron chi connectivity index (χ4n) is 4.06. The molecule has 7 nitrogen and oxygen atoms in total. The Bertz CT molecular complexity index is 1210. The molecule has 4 rings (SSSR count). The lowest BCUT2D eigenvalue weighted by molar-refractivity contribution is 0.0216. The number of rotatable bonds is 6. The van der Waals surface area contributed by atoms with Gasteiger partial charge in [-0.25, -0.2) is 14.6 Å². The quantitative estimate of drug-likeness (QED) is 0.510. The van der Waals surface area contributed by atoms with E-state index in [4.69, 9.17) is 9.47 Å². The molecule has 0 unspecified atom stereocenters. The summed E-state index contributed by atoms with van der Waals surface area (Å²) >= 11 is 1.20. The topological polar surface area (TPSA) is 87.5 Å². The van der Waals surface area contributed by atoms with Crippen molar-refractivity contribution >= 4 is 33.5 Å². The van der Waals surface area contributed by atoms with Crippen LogP contribution in [0.15, 0.2) is 35.4 Å². The summed E-state index contributed by atoms with van der Waals surface area (Å²) in [5, 5.41) is 0.439. The van der Waals surface area contributed by atoms with E-state index < -0.39 is 5.97 Å². The third kappa shape index (κ3) is 4.60. The number of hydrogen-bond acceptors (Lipinski definition) is 7. The minimum absolute atomic E-state index is 0.0443. The second-order valence-electron chi connectivity index (χ2n) is 8.00. The number of esters is 2. The van der Waals surface area contributed by atoms with Gasteiger partial charge in [-0.1, -0.05) is 18.6 Å². The Hall–Kier alpha value is -3.00. The molecule has 0 saturated heterocycles. The van der Waals surface area contributed by atoms with Crippen LogP contribution in [0.2, 0.25) is 0 Å². The van der Waals surface area contributed by atoms with Crippen molar-refractivity contribution in [3.05, 3.63) is 62.5 Å². The Labute approximate surface area is 190 Å². The largest absolute Gasteiger partial charge is 0.462 e. The lowest BCUT2D eigenvalue weighted by Crippen LogP contribution is -2.22. The van der Waals surface area contributed by atoms with E-state index in [1.165, 1.54) is 28.7 Å². The third-order valence-corrected chi connectivity index (χ3v) is 6.90. The molecule has 2 aromatic heterocycles. The second-order valence-corrected chi connectivity index (χ2v) is 9.00. The van der Waals surface area contributed by atoms with Crippen molar-refractivity contribution in [3.8, 4) is 0 Å². The van der Waals surface area contributed by atoms with Gasteiger partial charge in [0, 0.05) is 0 Å². The van der Waals surface area contributed by atoms with Crippen LogP contribution >= 0.6 is 11.3 Å². The van der Waals surface area contributed by atoms with Crippen molar-refractivity contribution in [2.24, 2.45) is 0 Å². The smallest absolute Gasteiger partial charge is 0.348 e. The number of fused-ring (bicyclic) bond motifs is 1. The third-order valence-electron chi connectivity index (χ3n) is 5.72. The Kier molecular flexibility index (Phi) is 6.69. The Morgan fingerprint density at radius 3 is 2.72 bits per heavy atom. The zero-order chi connectivity index (χ0) is 22.7. The zero-order valence-electron chi connectivity index (χ0n) is 18.3. The average molecular weight is 455 g/mol. The molecule has 0 amide bonds. The first-order valence-electron chi connectivity index (χ1n) is 10.9.